The maximum Gasteiger partial charge on any atom is 0.315 e. The van der Waals surface area contributed by atoms with E-state index < -0.39 is 0 Å². The highest BCUT2D eigenvalue weighted by Crippen LogP contribution is 2.20. The fourth-order valence-electron chi connectivity index (χ4n) is 1.61. The van der Waals surface area contributed by atoms with Crippen molar-refractivity contribution >= 4 is 17.6 Å². The van der Waals surface area contributed by atoms with Gasteiger partial charge in [-0.15, -0.1) is 16.7 Å². The predicted octanol–water partition coefficient (Wildman–Crippen LogP) is 4.14. The van der Waals surface area contributed by atoms with Crippen LogP contribution in [0.2, 0.25) is 0 Å². The first-order valence-electron chi connectivity index (χ1n) is 6.37. The van der Waals surface area contributed by atoms with Crippen LogP contribution in [0.15, 0.2) is 4.42 Å². The summed E-state index contributed by atoms with van der Waals surface area (Å²) in [6, 6.07) is 0.821. The predicted molar refractivity (Wildman–Crippen MR) is 70.4 cm³/mol. The summed E-state index contributed by atoms with van der Waals surface area (Å²) >= 11 is 5.85. The van der Waals surface area contributed by atoms with Crippen molar-refractivity contribution < 1.29 is 4.42 Å². The van der Waals surface area contributed by atoms with Gasteiger partial charge in [-0.2, -0.15) is 0 Å². The second-order valence-electron chi connectivity index (χ2n) is 4.46. The topological polar surface area (TPSA) is 51.0 Å². The van der Waals surface area contributed by atoms with Crippen molar-refractivity contribution in [1.29, 1.82) is 0 Å². The van der Waals surface area contributed by atoms with E-state index in [9.17, 15) is 0 Å². The van der Waals surface area contributed by atoms with E-state index in [0.29, 0.717) is 17.9 Å². The Morgan fingerprint density at radius 1 is 1.24 bits per heavy atom. The molecular formula is C12H22ClN3O. The molecule has 1 aromatic rings. The van der Waals surface area contributed by atoms with Crippen LogP contribution in [-0.2, 0) is 0 Å². The van der Waals surface area contributed by atoms with Crippen molar-refractivity contribution in [2.24, 2.45) is 0 Å². The van der Waals surface area contributed by atoms with Crippen molar-refractivity contribution in [3.05, 3.63) is 5.89 Å². The van der Waals surface area contributed by atoms with Crippen LogP contribution in [0.1, 0.15) is 64.1 Å². The zero-order valence-electron chi connectivity index (χ0n) is 10.9. The average molecular weight is 260 g/mol. The zero-order chi connectivity index (χ0) is 12.7. The fraction of sp³-hybridized carbons (Fsp3) is 0.833. The minimum Gasteiger partial charge on any atom is -0.406 e. The molecule has 98 valence electrons. The van der Waals surface area contributed by atoms with E-state index in [1.165, 1.54) is 25.7 Å². The van der Waals surface area contributed by atoms with Crippen LogP contribution < -0.4 is 5.32 Å². The van der Waals surface area contributed by atoms with Crippen LogP contribution >= 0.6 is 11.6 Å². The molecule has 0 aliphatic carbocycles. The number of halogens is 1. The van der Waals surface area contributed by atoms with Crippen LogP contribution in [0.25, 0.3) is 0 Å². The molecule has 17 heavy (non-hydrogen) atoms. The quantitative estimate of drug-likeness (QED) is 0.563. The molecule has 5 heteroatoms. The van der Waals surface area contributed by atoms with Crippen molar-refractivity contribution in [2.45, 2.75) is 64.3 Å². The van der Waals surface area contributed by atoms with Gasteiger partial charge in [0.1, 0.15) is 5.38 Å². The van der Waals surface area contributed by atoms with Crippen LogP contribution in [0, 0.1) is 0 Å². The Kier molecular flexibility index (Phi) is 6.34. The molecule has 0 aliphatic heterocycles. The summed E-state index contributed by atoms with van der Waals surface area (Å²) in [5, 5.41) is 10.7. The maximum absolute atomic E-state index is 5.85. The summed E-state index contributed by atoms with van der Waals surface area (Å²) in [7, 11) is 0. The molecule has 0 fully saturated rings. The summed E-state index contributed by atoms with van der Waals surface area (Å²) in [6.45, 7) is 6.15. The van der Waals surface area contributed by atoms with Gasteiger partial charge in [-0.05, 0) is 20.3 Å². The SMILES string of the molecule is CCCCCCC(C)Nc1nnc(C(C)Cl)o1. The number of aromatic nitrogens is 2. The van der Waals surface area contributed by atoms with E-state index in [2.05, 4.69) is 29.4 Å². The van der Waals surface area contributed by atoms with Gasteiger partial charge in [0, 0.05) is 6.04 Å². The molecule has 4 nitrogen and oxygen atoms in total. The third-order valence-corrected chi connectivity index (χ3v) is 2.83. The second kappa shape index (κ2) is 7.54. The summed E-state index contributed by atoms with van der Waals surface area (Å²) in [4.78, 5) is 0. The zero-order valence-corrected chi connectivity index (χ0v) is 11.6. The van der Waals surface area contributed by atoms with Crippen molar-refractivity contribution in [2.75, 3.05) is 5.32 Å². The largest absolute Gasteiger partial charge is 0.406 e. The van der Waals surface area contributed by atoms with E-state index in [0.717, 1.165) is 6.42 Å². The van der Waals surface area contributed by atoms with Gasteiger partial charge in [-0.3, -0.25) is 0 Å². The number of unbranched alkanes of at least 4 members (excludes halogenated alkanes) is 3. The smallest absolute Gasteiger partial charge is 0.315 e. The molecule has 0 saturated heterocycles. The number of alkyl halides is 1. The number of hydrogen-bond donors (Lipinski definition) is 1. The third kappa shape index (κ3) is 5.39. The molecule has 1 N–H and O–H groups in total. The van der Waals surface area contributed by atoms with Gasteiger partial charge in [0.2, 0.25) is 5.89 Å². The standard InChI is InChI=1S/C12H22ClN3O/c1-4-5-6-7-8-9(2)14-12-16-15-11(17-12)10(3)13/h9-10H,4-8H2,1-3H3,(H,14,16). The molecule has 0 spiro atoms. The van der Waals surface area contributed by atoms with Crippen molar-refractivity contribution in [3.8, 4) is 0 Å². The van der Waals surface area contributed by atoms with Crippen LogP contribution in [-0.4, -0.2) is 16.2 Å². The molecule has 1 heterocycles. The first-order valence-corrected chi connectivity index (χ1v) is 6.81. The highest BCUT2D eigenvalue weighted by atomic mass is 35.5. The lowest BCUT2D eigenvalue weighted by Gasteiger charge is -2.10. The van der Waals surface area contributed by atoms with Gasteiger partial charge in [0.05, 0.1) is 0 Å². The molecule has 0 bridgehead atoms. The van der Waals surface area contributed by atoms with E-state index in [1.807, 2.05) is 6.92 Å². The normalized spacial score (nSPS) is 14.6. The minimum absolute atomic E-state index is 0.238. The molecule has 0 saturated carbocycles. The molecule has 0 aliphatic rings. The van der Waals surface area contributed by atoms with E-state index in [1.54, 1.807) is 0 Å². The summed E-state index contributed by atoms with van der Waals surface area (Å²) in [5.41, 5.74) is 0. The maximum atomic E-state index is 5.85. The summed E-state index contributed by atoms with van der Waals surface area (Å²) in [5.74, 6) is 0.465. The van der Waals surface area contributed by atoms with Crippen LogP contribution in [0.3, 0.4) is 0 Å². The lowest BCUT2D eigenvalue weighted by atomic mass is 10.1. The average Bonchev–Trinajstić information content (AvgIpc) is 2.73. The van der Waals surface area contributed by atoms with E-state index in [-0.39, 0.29) is 5.38 Å². The van der Waals surface area contributed by atoms with Crippen molar-refractivity contribution in [3.63, 3.8) is 0 Å². The minimum atomic E-state index is -0.238. The molecule has 2 atom stereocenters. The fourth-order valence-corrected chi connectivity index (χ4v) is 1.70. The summed E-state index contributed by atoms with van der Waals surface area (Å²) in [6.07, 6.45) is 6.21. The van der Waals surface area contributed by atoms with Crippen molar-refractivity contribution in [1.82, 2.24) is 10.2 Å². The summed E-state index contributed by atoms with van der Waals surface area (Å²) < 4.78 is 5.38. The lowest BCUT2D eigenvalue weighted by molar-refractivity contribution is 0.495. The highest BCUT2D eigenvalue weighted by Gasteiger charge is 2.12. The van der Waals surface area contributed by atoms with Gasteiger partial charge in [-0.25, -0.2) is 0 Å². The highest BCUT2D eigenvalue weighted by molar-refractivity contribution is 6.20. The Balaban J connectivity index is 2.27. The molecule has 2 unspecified atom stereocenters. The Hall–Kier alpha value is -0.770. The number of hydrogen-bond acceptors (Lipinski definition) is 4. The van der Waals surface area contributed by atoms with Crippen LogP contribution in [0.5, 0.6) is 0 Å². The van der Waals surface area contributed by atoms with Gasteiger partial charge < -0.3 is 9.73 Å². The molecule has 1 rings (SSSR count). The Morgan fingerprint density at radius 3 is 2.59 bits per heavy atom. The molecule has 0 aromatic carbocycles. The van der Waals surface area contributed by atoms with Gasteiger partial charge in [0.25, 0.3) is 0 Å². The number of nitrogens with zero attached hydrogens (tertiary/aromatic N) is 2. The molecular weight excluding hydrogens is 238 g/mol. The number of rotatable bonds is 8. The first kappa shape index (κ1) is 14.3. The van der Waals surface area contributed by atoms with E-state index >= 15 is 0 Å². The third-order valence-electron chi connectivity index (χ3n) is 2.64. The Labute approximate surface area is 108 Å². The number of anilines is 1. The molecule has 0 radical (unpaired) electrons. The lowest BCUT2D eigenvalue weighted by Crippen LogP contribution is -2.15. The van der Waals surface area contributed by atoms with E-state index in [4.69, 9.17) is 16.0 Å². The van der Waals surface area contributed by atoms with Gasteiger partial charge in [-0.1, -0.05) is 37.7 Å². The second-order valence-corrected chi connectivity index (χ2v) is 5.11. The Morgan fingerprint density at radius 2 is 2.00 bits per heavy atom. The monoisotopic (exact) mass is 259 g/mol. The first-order chi connectivity index (χ1) is 8.13. The number of nitrogens with one attached hydrogen (secondary N) is 1. The Bertz CT molecular complexity index is 314. The van der Waals surface area contributed by atoms with Crippen LogP contribution in [0.4, 0.5) is 6.01 Å². The molecule has 1 aromatic heterocycles. The van der Waals surface area contributed by atoms with Gasteiger partial charge in [0.15, 0.2) is 0 Å². The van der Waals surface area contributed by atoms with Gasteiger partial charge >= 0.3 is 6.01 Å². The molecule has 0 amide bonds.